The molecular formula is C31H41NO4. The molecule has 2 fully saturated rings. The Bertz CT molecular complexity index is 963. The van der Waals surface area contributed by atoms with Crippen LogP contribution in [0.4, 0.5) is 0 Å². The quantitative estimate of drug-likeness (QED) is 0.334. The van der Waals surface area contributed by atoms with Crippen LogP contribution in [0.2, 0.25) is 0 Å². The zero-order chi connectivity index (χ0) is 25.2. The third-order valence-corrected chi connectivity index (χ3v) is 7.78. The van der Waals surface area contributed by atoms with Crippen LogP contribution in [-0.2, 0) is 16.1 Å². The van der Waals surface area contributed by atoms with Crippen LogP contribution >= 0.6 is 0 Å². The van der Waals surface area contributed by atoms with Gasteiger partial charge in [0.25, 0.3) is 0 Å². The van der Waals surface area contributed by atoms with Crippen molar-refractivity contribution in [2.45, 2.75) is 76.5 Å². The fraction of sp³-hybridized carbons (Fsp3) is 0.516. The second-order valence-corrected chi connectivity index (χ2v) is 10.2. The molecule has 0 radical (unpaired) electrons. The topological polar surface area (TPSA) is 59.0 Å². The van der Waals surface area contributed by atoms with E-state index in [1.165, 1.54) is 55.5 Å². The SMILES string of the molecule is COc1ccc(-c2ccc(COC3CCC(N4CCCCC4)C3CC/C=C/CCC(=O)O)cc2)cc1. The Kier molecular flexibility index (Phi) is 10.00. The lowest BCUT2D eigenvalue weighted by molar-refractivity contribution is -0.136. The fourth-order valence-electron chi connectivity index (χ4n) is 5.81. The Morgan fingerprint density at radius 3 is 2.28 bits per heavy atom. The van der Waals surface area contributed by atoms with E-state index in [9.17, 15) is 4.79 Å². The van der Waals surface area contributed by atoms with Gasteiger partial charge in [0.05, 0.1) is 19.8 Å². The lowest BCUT2D eigenvalue weighted by Crippen LogP contribution is -2.43. The molecule has 0 amide bonds. The fourth-order valence-corrected chi connectivity index (χ4v) is 5.81. The number of carbonyl (C=O) groups is 1. The number of nitrogens with zero attached hydrogens (tertiary/aromatic N) is 1. The first-order chi connectivity index (χ1) is 17.6. The molecule has 2 aromatic rings. The molecule has 194 valence electrons. The molecule has 5 nitrogen and oxygen atoms in total. The van der Waals surface area contributed by atoms with Gasteiger partial charge in [-0.1, -0.05) is 55.0 Å². The van der Waals surface area contributed by atoms with E-state index < -0.39 is 5.97 Å². The number of hydrogen-bond donors (Lipinski definition) is 1. The van der Waals surface area contributed by atoms with Crippen LogP contribution in [0.15, 0.2) is 60.7 Å². The minimum Gasteiger partial charge on any atom is -0.497 e. The maximum atomic E-state index is 10.7. The van der Waals surface area contributed by atoms with E-state index in [0.29, 0.717) is 25.0 Å². The first-order valence-electron chi connectivity index (χ1n) is 13.6. The number of carboxylic acid groups (broad SMARTS) is 1. The van der Waals surface area contributed by atoms with Crippen LogP contribution in [-0.4, -0.2) is 48.3 Å². The van der Waals surface area contributed by atoms with Gasteiger partial charge in [0.2, 0.25) is 0 Å². The van der Waals surface area contributed by atoms with Crippen molar-refractivity contribution in [1.82, 2.24) is 4.90 Å². The molecule has 0 bridgehead atoms. The van der Waals surface area contributed by atoms with Gasteiger partial charge in [-0.15, -0.1) is 0 Å². The Labute approximate surface area is 216 Å². The molecule has 3 unspecified atom stereocenters. The average Bonchev–Trinajstić information content (AvgIpc) is 3.32. The number of hydrogen-bond acceptors (Lipinski definition) is 4. The van der Waals surface area contributed by atoms with Crippen LogP contribution in [0.1, 0.15) is 63.4 Å². The lowest BCUT2D eigenvalue weighted by atomic mass is 9.93. The highest BCUT2D eigenvalue weighted by atomic mass is 16.5. The van der Waals surface area contributed by atoms with Crippen molar-refractivity contribution in [2.75, 3.05) is 20.2 Å². The van der Waals surface area contributed by atoms with Crippen LogP contribution in [0.3, 0.4) is 0 Å². The molecular weight excluding hydrogens is 450 g/mol. The van der Waals surface area contributed by atoms with Gasteiger partial charge in [-0.2, -0.15) is 0 Å². The highest BCUT2D eigenvalue weighted by Gasteiger charge is 2.39. The summed E-state index contributed by atoms with van der Waals surface area (Å²) < 4.78 is 11.8. The predicted molar refractivity (Wildman–Crippen MR) is 144 cm³/mol. The standard InChI is InChI=1S/C31H41NO4/c1-35-27-17-15-26(16-18-27)25-13-11-24(12-14-25)23-36-30-20-19-29(32-21-7-4-8-22-32)28(30)9-5-2-3-6-10-31(33)34/h2-3,11-18,28-30H,4-10,19-23H2,1H3,(H,33,34)/b3-2+. The largest absolute Gasteiger partial charge is 0.497 e. The second-order valence-electron chi connectivity index (χ2n) is 10.2. The number of likely N-dealkylation sites (tertiary alicyclic amines) is 1. The van der Waals surface area contributed by atoms with Crippen LogP contribution < -0.4 is 4.74 Å². The van der Waals surface area contributed by atoms with E-state index in [-0.39, 0.29) is 12.5 Å². The summed E-state index contributed by atoms with van der Waals surface area (Å²) >= 11 is 0. The summed E-state index contributed by atoms with van der Waals surface area (Å²) in [7, 11) is 1.69. The third-order valence-electron chi connectivity index (χ3n) is 7.78. The molecule has 1 saturated heterocycles. The molecule has 3 atom stereocenters. The maximum absolute atomic E-state index is 10.7. The first kappa shape index (κ1) is 26.4. The maximum Gasteiger partial charge on any atom is 0.303 e. The smallest absolute Gasteiger partial charge is 0.303 e. The first-order valence-corrected chi connectivity index (χ1v) is 13.6. The van der Waals surface area contributed by atoms with E-state index in [2.05, 4.69) is 47.4 Å². The van der Waals surface area contributed by atoms with Crippen molar-refractivity contribution in [3.05, 3.63) is 66.2 Å². The Balaban J connectivity index is 1.34. The molecule has 0 aromatic heterocycles. The van der Waals surface area contributed by atoms with Crippen molar-refractivity contribution in [3.8, 4) is 16.9 Å². The number of methoxy groups -OCH3 is 1. The van der Waals surface area contributed by atoms with Crippen LogP contribution in [0.5, 0.6) is 5.75 Å². The Hall–Kier alpha value is -2.63. The van der Waals surface area contributed by atoms with E-state index in [0.717, 1.165) is 25.0 Å². The van der Waals surface area contributed by atoms with Gasteiger partial charge in [-0.3, -0.25) is 4.79 Å². The summed E-state index contributed by atoms with van der Waals surface area (Å²) in [6.07, 6.45) is 13.7. The average molecular weight is 492 g/mol. The molecule has 2 aliphatic rings. The minimum absolute atomic E-state index is 0.208. The zero-order valence-corrected chi connectivity index (χ0v) is 21.6. The predicted octanol–water partition coefficient (Wildman–Crippen LogP) is 6.71. The summed E-state index contributed by atoms with van der Waals surface area (Å²) in [5.74, 6) is 0.672. The number of piperidine rings is 1. The van der Waals surface area contributed by atoms with Crippen molar-refractivity contribution in [1.29, 1.82) is 0 Å². The summed E-state index contributed by atoms with van der Waals surface area (Å²) in [4.78, 5) is 13.5. The van der Waals surface area contributed by atoms with E-state index in [1.54, 1.807) is 7.11 Å². The summed E-state index contributed by atoms with van der Waals surface area (Å²) in [6, 6.07) is 17.5. The molecule has 1 aliphatic carbocycles. The third kappa shape index (κ3) is 7.44. The van der Waals surface area contributed by atoms with Crippen molar-refractivity contribution >= 4 is 5.97 Å². The Morgan fingerprint density at radius 2 is 1.61 bits per heavy atom. The molecule has 2 aromatic carbocycles. The van der Waals surface area contributed by atoms with Gasteiger partial charge in [-0.25, -0.2) is 0 Å². The Morgan fingerprint density at radius 1 is 0.944 bits per heavy atom. The molecule has 0 spiro atoms. The van der Waals surface area contributed by atoms with Gasteiger partial charge in [0.15, 0.2) is 0 Å². The van der Waals surface area contributed by atoms with E-state index in [1.807, 2.05) is 18.2 Å². The number of ether oxygens (including phenoxy) is 2. The second kappa shape index (κ2) is 13.6. The van der Waals surface area contributed by atoms with Gasteiger partial charge in [0.1, 0.15) is 5.75 Å². The molecule has 4 rings (SSSR count). The molecule has 1 N–H and O–H groups in total. The van der Waals surface area contributed by atoms with Gasteiger partial charge >= 0.3 is 5.97 Å². The monoisotopic (exact) mass is 491 g/mol. The number of allylic oxidation sites excluding steroid dienone is 2. The lowest BCUT2D eigenvalue weighted by Gasteiger charge is -2.37. The number of rotatable bonds is 12. The molecule has 5 heteroatoms. The number of aliphatic carboxylic acids is 1. The van der Waals surface area contributed by atoms with Gasteiger partial charge in [-0.05, 0) is 86.9 Å². The zero-order valence-electron chi connectivity index (χ0n) is 21.6. The number of benzene rings is 2. The summed E-state index contributed by atoms with van der Waals surface area (Å²) in [5, 5.41) is 8.84. The minimum atomic E-state index is -0.730. The summed E-state index contributed by atoms with van der Waals surface area (Å²) in [6.45, 7) is 3.08. The molecule has 36 heavy (non-hydrogen) atoms. The van der Waals surface area contributed by atoms with Gasteiger partial charge in [0, 0.05) is 18.4 Å². The molecule has 1 aliphatic heterocycles. The molecule has 1 saturated carbocycles. The van der Waals surface area contributed by atoms with Crippen LogP contribution in [0.25, 0.3) is 11.1 Å². The van der Waals surface area contributed by atoms with Crippen molar-refractivity contribution < 1.29 is 19.4 Å². The number of carboxylic acids is 1. The van der Waals surface area contributed by atoms with Crippen molar-refractivity contribution in [2.24, 2.45) is 5.92 Å². The summed E-state index contributed by atoms with van der Waals surface area (Å²) in [5.41, 5.74) is 3.58. The molecule has 1 heterocycles. The highest BCUT2D eigenvalue weighted by Crippen LogP contribution is 2.37. The van der Waals surface area contributed by atoms with Crippen molar-refractivity contribution in [3.63, 3.8) is 0 Å². The van der Waals surface area contributed by atoms with Crippen LogP contribution in [0, 0.1) is 5.92 Å². The normalized spacial score (nSPS) is 22.8. The van der Waals surface area contributed by atoms with E-state index in [4.69, 9.17) is 14.6 Å². The highest BCUT2D eigenvalue weighted by molar-refractivity contribution is 5.66. The van der Waals surface area contributed by atoms with E-state index >= 15 is 0 Å². The van der Waals surface area contributed by atoms with Gasteiger partial charge < -0.3 is 19.5 Å².